The Morgan fingerprint density at radius 2 is 1.55 bits per heavy atom. The predicted octanol–water partition coefficient (Wildman–Crippen LogP) is 5.62. The fraction of sp³-hybridized carbons (Fsp3) is 0.200. The quantitative estimate of drug-likeness (QED) is 0.226. The van der Waals surface area contributed by atoms with E-state index in [0.29, 0.717) is 37.5 Å². The molecule has 0 N–H and O–H groups in total. The first kappa shape index (κ1) is 27.0. The number of ether oxygens (including phenoxy) is 1. The van der Waals surface area contributed by atoms with Crippen molar-refractivity contribution >= 4 is 29.1 Å². The monoisotopic (exact) mass is 558 g/mol. The molecule has 10 heteroatoms. The second-order valence-corrected chi connectivity index (χ2v) is 9.85. The normalized spacial score (nSPS) is 13.3. The smallest absolute Gasteiger partial charge is 0.288 e. The molecule has 0 bridgehead atoms. The Kier molecular flexibility index (Phi) is 7.57. The van der Waals surface area contributed by atoms with Crippen LogP contribution < -0.4 is 4.74 Å². The lowest BCUT2D eigenvalue weighted by Gasteiger charge is -2.34. The van der Waals surface area contributed by atoms with Crippen LogP contribution in [0.5, 0.6) is 5.75 Å². The van der Waals surface area contributed by atoms with Gasteiger partial charge in [0.05, 0.1) is 23.3 Å². The van der Waals surface area contributed by atoms with Gasteiger partial charge in [0, 0.05) is 55.3 Å². The van der Waals surface area contributed by atoms with Crippen LogP contribution in [0.2, 0.25) is 5.02 Å². The fourth-order valence-electron chi connectivity index (χ4n) is 4.98. The second-order valence-electron chi connectivity index (χ2n) is 9.44. The molecule has 1 aliphatic rings. The van der Waals surface area contributed by atoms with Gasteiger partial charge >= 0.3 is 0 Å². The van der Waals surface area contributed by atoms with Crippen LogP contribution in [-0.2, 0) is 0 Å². The molecule has 5 rings (SSSR count). The van der Waals surface area contributed by atoms with Crippen molar-refractivity contribution < 1.29 is 19.2 Å². The van der Waals surface area contributed by atoms with E-state index in [-0.39, 0.29) is 28.1 Å². The summed E-state index contributed by atoms with van der Waals surface area (Å²) in [6.07, 6.45) is 0. The third-order valence-corrected chi connectivity index (χ3v) is 7.42. The number of carbonyl (C=O) groups is 2. The maximum atomic E-state index is 13.8. The molecule has 2 heterocycles. The summed E-state index contributed by atoms with van der Waals surface area (Å²) in [4.78, 5) is 40.8. The van der Waals surface area contributed by atoms with E-state index in [1.165, 1.54) is 18.2 Å². The largest absolute Gasteiger partial charge is 0.497 e. The van der Waals surface area contributed by atoms with Crippen LogP contribution in [0.25, 0.3) is 16.9 Å². The number of amides is 2. The molecule has 4 aromatic rings. The summed E-state index contributed by atoms with van der Waals surface area (Å²) in [6.45, 7) is 3.21. The Hall–Kier alpha value is -4.63. The highest BCUT2D eigenvalue weighted by molar-refractivity contribution is 6.32. The lowest BCUT2D eigenvalue weighted by Crippen LogP contribution is -2.50. The van der Waals surface area contributed by atoms with Crippen molar-refractivity contribution in [3.05, 3.63) is 111 Å². The van der Waals surface area contributed by atoms with Crippen LogP contribution in [0.15, 0.2) is 78.9 Å². The van der Waals surface area contributed by atoms with Crippen molar-refractivity contribution in [2.75, 3.05) is 33.3 Å². The van der Waals surface area contributed by atoms with Crippen molar-refractivity contribution in [1.82, 2.24) is 14.4 Å². The van der Waals surface area contributed by atoms with Gasteiger partial charge in [-0.25, -0.2) is 0 Å². The van der Waals surface area contributed by atoms with Crippen LogP contribution in [0.3, 0.4) is 0 Å². The summed E-state index contributed by atoms with van der Waals surface area (Å²) in [5, 5.41) is 11.2. The van der Waals surface area contributed by atoms with Crippen molar-refractivity contribution in [1.29, 1.82) is 0 Å². The predicted molar refractivity (Wildman–Crippen MR) is 152 cm³/mol. The number of nitro groups is 1. The summed E-state index contributed by atoms with van der Waals surface area (Å²) in [7, 11) is 1.62. The molecule has 3 aromatic carbocycles. The number of piperazine rings is 1. The van der Waals surface area contributed by atoms with E-state index in [9.17, 15) is 19.7 Å². The van der Waals surface area contributed by atoms with Crippen LogP contribution in [0, 0.1) is 17.0 Å². The van der Waals surface area contributed by atoms with Crippen LogP contribution in [0.4, 0.5) is 5.69 Å². The molecule has 1 saturated heterocycles. The van der Waals surface area contributed by atoms with E-state index < -0.39 is 4.92 Å². The highest BCUT2D eigenvalue weighted by Crippen LogP contribution is 2.32. The molecule has 0 aliphatic carbocycles. The van der Waals surface area contributed by atoms with Gasteiger partial charge in [0.25, 0.3) is 17.5 Å². The van der Waals surface area contributed by atoms with Gasteiger partial charge in [-0.1, -0.05) is 48.0 Å². The zero-order valence-electron chi connectivity index (χ0n) is 22.0. The molecule has 0 unspecified atom stereocenters. The number of halogens is 1. The van der Waals surface area contributed by atoms with Crippen LogP contribution in [0.1, 0.15) is 26.4 Å². The SMILES string of the molecule is COc1cccc(-n2c(-c3ccccc3)cc(C(=O)N3CCN(C(=O)c4ccc(Cl)c([N+](=O)[O-])c4)CC3)c2C)c1. The van der Waals surface area contributed by atoms with E-state index in [1.807, 2.05) is 67.6 Å². The minimum Gasteiger partial charge on any atom is -0.497 e. The molecule has 1 aliphatic heterocycles. The van der Waals surface area contributed by atoms with Gasteiger partial charge in [-0.15, -0.1) is 0 Å². The van der Waals surface area contributed by atoms with E-state index in [2.05, 4.69) is 4.57 Å². The molecule has 1 fully saturated rings. The number of benzene rings is 3. The zero-order chi connectivity index (χ0) is 28.4. The molecule has 1 aromatic heterocycles. The zero-order valence-corrected chi connectivity index (χ0v) is 22.8. The molecule has 40 heavy (non-hydrogen) atoms. The van der Waals surface area contributed by atoms with Crippen molar-refractivity contribution in [2.45, 2.75) is 6.92 Å². The van der Waals surface area contributed by atoms with Crippen molar-refractivity contribution in [3.8, 4) is 22.7 Å². The summed E-state index contributed by atoms with van der Waals surface area (Å²) in [5.74, 6) is 0.258. The molecule has 0 spiro atoms. The third-order valence-electron chi connectivity index (χ3n) is 7.10. The molecular weight excluding hydrogens is 532 g/mol. The highest BCUT2D eigenvalue weighted by Gasteiger charge is 2.29. The first-order valence-corrected chi connectivity index (χ1v) is 13.1. The van der Waals surface area contributed by atoms with Gasteiger partial charge in [-0.05, 0) is 42.8 Å². The summed E-state index contributed by atoms with van der Waals surface area (Å²) < 4.78 is 7.49. The van der Waals surface area contributed by atoms with Gasteiger partial charge in [0.1, 0.15) is 10.8 Å². The molecule has 9 nitrogen and oxygen atoms in total. The first-order chi connectivity index (χ1) is 19.3. The standard InChI is InChI=1S/C30H27ClN4O5/c1-20-25(19-27(21-7-4-3-5-8-21)34(20)23-9-6-10-24(18-23)40-2)30(37)33-15-13-32(14-16-33)29(36)22-11-12-26(31)28(17-22)35(38)39/h3-12,17-19H,13-16H2,1-2H3. The van der Waals surface area contributed by atoms with Gasteiger partial charge in [0.15, 0.2) is 0 Å². The second kappa shape index (κ2) is 11.2. The number of nitro benzene ring substituents is 1. The van der Waals surface area contributed by atoms with Crippen molar-refractivity contribution in [3.63, 3.8) is 0 Å². The number of aromatic nitrogens is 1. The number of nitrogens with zero attached hydrogens (tertiary/aromatic N) is 4. The number of methoxy groups -OCH3 is 1. The van der Waals surface area contributed by atoms with Gasteiger partial charge < -0.3 is 19.1 Å². The minimum absolute atomic E-state index is 0.0249. The number of carbonyl (C=O) groups excluding carboxylic acids is 2. The fourth-order valence-corrected chi connectivity index (χ4v) is 5.16. The maximum Gasteiger partial charge on any atom is 0.288 e. The minimum atomic E-state index is -0.612. The summed E-state index contributed by atoms with van der Waals surface area (Å²) in [5.41, 5.74) is 3.98. The summed E-state index contributed by atoms with van der Waals surface area (Å²) in [6, 6.07) is 23.5. The lowest BCUT2D eigenvalue weighted by molar-refractivity contribution is -0.384. The number of hydrogen-bond acceptors (Lipinski definition) is 5. The molecule has 2 amide bonds. The first-order valence-electron chi connectivity index (χ1n) is 12.7. The van der Waals surface area contributed by atoms with E-state index in [4.69, 9.17) is 16.3 Å². The lowest BCUT2D eigenvalue weighted by atomic mass is 10.1. The Morgan fingerprint density at radius 3 is 2.20 bits per heavy atom. The van der Waals surface area contributed by atoms with Gasteiger partial charge in [-0.2, -0.15) is 0 Å². The maximum absolute atomic E-state index is 13.8. The summed E-state index contributed by atoms with van der Waals surface area (Å²) >= 11 is 5.89. The molecular formula is C30H27ClN4O5. The average Bonchev–Trinajstić information content (AvgIpc) is 3.34. The Morgan fingerprint density at radius 1 is 0.875 bits per heavy atom. The van der Waals surface area contributed by atoms with E-state index in [1.54, 1.807) is 16.9 Å². The Bertz CT molecular complexity index is 1590. The molecule has 0 radical (unpaired) electrons. The topological polar surface area (TPSA) is 97.9 Å². The van der Waals surface area contributed by atoms with Crippen molar-refractivity contribution in [2.24, 2.45) is 0 Å². The van der Waals surface area contributed by atoms with Gasteiger partial charge in [0.2, 0.25) is 0 Å². The molecule has 0 atom stereocenters. The van der Waals surface area contributed by atoms with Gasteiger partial charge in [-0.3, -0.25) is 19.7 Å². The highest BCUT2D eigenvalue weighted by atomic mass is 35.5. The number of rotatable bonds is 6. The third kappa shape index (κ3) is 5.15. The van der Waals surface area contributed by atoms with Crippen LogP contribution >= 0.6 is 11.6 Å². The number of hydrogen-bond donors (Lipinski definition) is 0. The Labute approximate surface area is 236 Å². The van der Waals surface area contributed by atoms with Crippen LogP contribution in [-0.4, -0.2) is 64.4 Å². The molecule has 0 saturated carbocycles. The molecule has 204 valence electrons. The Balaban J connectivity index is 1.39. The van der Waals surface area contributed by atoms with E-state index >= 15 is 0 Å². The average molecular weight is 559 g/mol. The van der Waals surface area contributed by atoms with E-state index in [0.717, 1.165) is 22.6 Å².